The lowest BCUT2D eigenvalue weighted by atomic mass is 9.97. The third-order valence-electron chi connectivity index (χ3n) is 4.12. The molecule has 2 rings (SSSR count). The van der Waals surface area contributed by atoms with E-state index >= 15 is 0 Å². The van der Waals surface area contributed by atoms with Crippen LogP contribution in [0.25, 0.3) is 0 Å². The van der Waals surface area contributed by atoms with Crippen molar-refractivity contribution in [3.05, 3.63) is 23.9 Å². The van der Waals surface area contributed by atoms with Crippen LogP contribution in [0.1, 0.15) is 32.8 Å². The molecule has 116 valence electrons. The minimum Gasteiger partial charge on any atom is -0.370 e. The number of hydrogen-bond donors (Lipinski definition) is 1. The number of carbonyl (C=O) groups excluding carboxylic acids is 1. The molecule has 5 heteroatoms. The van der Waals surface area contributed by atoms with Gasteiger partial charge >= 0.3 is 0 Å². The quantitative estimate of drug-likeness (QED) is 0.900. The molecular formula is C16H26N4O. The summed E-state index contributed by atoms with van der Waals surface area (Å²) >= 11 is 0. The molecule has 0 aromatic carbocycles. The van der Waals surface area contributed by atoms with Gasteiger partial charge in [-0.3, -0.25) is 9.69 Å². The van der Waals surface area contributed by atoms with Crippen LogP contribution in [0.2, 0.25) is 0 Å². The summed E-state index contributed by atoms with van der Waals surface area (Å²) in [7, 11) is 1.87. The van der Waals surface area contributed by atoms with Crippen molar-refractivity contribution in [3.8, 4) is 0 Å². The molecule has 0 unspecified atom stereocenters. The van der Waals surface area contributed by atoms with Crippen molar-refractivity contribution in [2.24, 2.45) is 0 Å². The van der Waals surface area contributed by atoms with Gasteiger partial charge in [0.2, 0.25) is 5.91 Å². The van der Waals surface area contributed by atoms with Crippen LogP contribution in [0.15, 0.2) is 18.3 Å². The van der Waals surface area contributed by atoms with Gasteiger partial charge in [0.15, 0.2) is 0 Å². The van der Waals surface area contributed by atoms with Crippen molar-refractivity contribution in [3.63, 3.8) is 0 Å². The van der Waals surface area contributed by atoms with Gasteiger partial charge in [0.1, 0.15) is 5.82 Å². The van der Waals surface area contributed by atoms with Crippen LogP contribution in [0.5, 0.6) is 0 Å². The van der Waals surface area contributed by atoms with Crippen LogP contribution in [0.4, 0.5) is 5.82 Å². The van der Waals surface area contributed by atoms with E-state index in [2.05, 4.69) is 28.2 Å². The Kier molecular flexibility index (Phi) is 4.83. The highest BCUT2D eigenvalue weighted by atomic mass is 16.2. The number of pyridine rings is 1. The number of amides is 1. The van der Waals surface area contributed by atoms with Crippen LogP contribution in [-0.2, 0) is 11.3 Å². The summed E-state index contributed by atoms with van der Waals surface area (Å²) in [6, 6.07) is 4.10. The Morgan fingerprint density at radius 2 is 2.10 bits per heavy atom. The lowest BCUT2D eigenvalue weighted by molar-refractivity contribution is -0.147. The molecule has 1 amide bonds. The second kappa shape index (κ2) is 6.43. The SMILES string of the molecule is CCCNc1ccc(CN2CCN(C)C(=O)C2(C)C)cn1. The van der Waals surface area contributed by atoms with Gasteiger partial charge in [-0.15, -0.1) is 0 Å². The summed E-state index contributed by atoms with van der Waals surface area (Å²) in [5.41, 5.74) is 0.689. The molecule has 1 fully saturated rings. The molecule has 5 nitrogen and oxygen atoms in total. The fraction of sp³-hybridized carbons (Fsp3) is 0.625. The van der Waals surface area contributed by atoms with Crippen molar-refractivity contribution in [1.82, 2.24) is 14.8 Å². The molecule has 1 aliphatic heterocycles. The van der Waals surface area contributed by atoms with Crippen molar-refractivity contribution >= 4 is 11.7 Å². The van der Waals surface area contributed by atoms with Crippen LogP contribution in [-0.4, -0.2) is 52.9 Å². The summed E-state index contributed by atoms with van der Waals surface area (Å²) in [6.07, 6.45) is 2.98. The lowest BCUT2D eigenvalue weighted by Crippen LogP contribution is -2.61. The van der Waals surface area contributed by atoms with Gasteiger partial charge in [-0.1, -0.05) is 13.0 Å². The number of piperazine rings is 1. The fourth-order valence-corrected chi connectivity index (χ4v) is 2.63. The number of nitrogens with zero attached hydrogens (tertiary/aromatic N) is 3. The number of likely N-dealkylation sites (N-methyl/N-ethyl adjacent to an activating group) is 1. The van der Waals surface area contributed by atoms with Gasteiger partial charge in [-0.25, -0.2) is 4.98 Å². The van der Waals surface area contributed by atoms with Gasteiger partial charge in [-0.05, 0) is 31.9 Å². The molecule has 0 atom stereocenters. The first-order valence-corrected chi connectivity index (χ1v) is 7.64. The number of rotatable bonds is 5. The summed E-state index contributed by atoms with van der Waals surface area (Å²) in [5.74, 6) is 1.09. The number of carbonyl (C=O) groups is 1. The summed E-state index contributed by atoms with van der Waals surface area (Å²) < 4.78 is 0. The summed E-state index contributed by atoms with van der Waals surface area (Å²) in [5, 5.41) is 3.27. The Balaban J connectivity index is 2.02. The zero-order valence-electron chi connectivity index (χ0n) is 13.5. The predicted octanol–water partition coefficient (Wildman–Crippen LogP) is 1.96. The molecule has 0 aliphatic carbocycles. The minimum absolute atomic E-state index is 0.183. The second-order valence-corrected chi connectivity index (χ2v) is 6.19. The second-order valence-electron chi connectivity index (χ2n) is 6.19. The van der Waals surface area contributed by atoms with Gasteiger partial charge in [0.05, 0.1) is 5.54 Å². The monoisotopic (exact) mass is 290 g/mol. The zero-order valence-corrected chi connectivity index (χ0v) is 13.5. The molecule has 1 aliphatic rings. The summed E-state index contributed by atoms with van der Waals surface area (Å²) in [4.78, 5) is 20.7. The Bertz CT molecular complexity index is 484. The smallest absolute Gasteiger partial charge is 0.242 e. The molecule has 0 bridgehead atoms. The molecule has 0 spiro atoms. The first-order chi connectivity index (χ1) is 9.95. The van der Waals surface area contributed by atoms with Crippen LogP contribution in [0.3, 0.4) is 0 Å². The third kappa shape index (κ3) is 3.53. The average Bonchev–Trinajstić information content (AvgIpc) is 2.47. The van der Waals surface area contributed by atoms with E-state index < -0.39 is 5.54 Å². The van der Waals surface area contributed by atoms with E-state index in [1.807, 2.05) is 38.1 Å². The van der Waals surface area contributed by atoms with E-state index in [4.69, 9.17) is 0 Å². The van der Waals surface area contributed by atoms with E-state index in [1.54, 1.807) is 0 Å². The maximum Gasteiger partial charge on any atom is 0.242 e. The van der Waals surface area contributed by atoms with Crippen LogP contribution in [0, 0.1) is 0 Å². The van der Waals surface area contributed by atoms with Crippen molar-refractivity contribution < 1.29 is 4.79 Å². The van der Waals surface area contributed by atoms with Crippen molar-refractivity contribution in [2.45, 2.75) is 39.3 Å². The Labute approximate surface area is 127 Å². The van der Waals surface area contributed by atoms with E-state index in [1.165, 1.54) is 0 Å². The van der Waals surface area contributed by atoms with Gasteiger partial charge < -0.3 is 10.2 Å². The molecule has 1 aromatic rings. The predicted molar refractivity (Wildman–Crippen MR) is 85.1 cm³/mol. The molecule has 1 saturated heterocycles. The highest BCUT2D eigenvalue weighted by Crippen LogP contribution is 2.23. The van der Waals surface area contributed by atoms with Gasteiger partial charge in [-0.2, -0.15) is 0 Å². The average molecular weight is 290 g/mol. The molecule has 0 saturated carbocycles. The first kappa shape index (κ1) is 15.8. The number of anilines is 1. The van der Waals surface area contributed by atoms with Gasteiger partial charge in [0, 0.05) is 39.4 Å². The fourth-order valence-electron chi connectivity index (χ4n) is 2.63. The van der Waals surface area contributed by atoms with Crippen LogP contribution < -0.4 is 5.32 Å². The number of nitrogens with one attached hydrogen (secondary N) is 1. The highest BCUT2D eigenvalue weighted by molar-refractivity contribution is 5.86. The molecule has 0 radical (unpaired) electrons. The molecule has 1 N–H and O–H groups in total. The summed E-state index contributed by atoms with van der Waals surface area (Å²) in [6.45, 7) is 9.50. The molecular weight excluding hydrogens is 264 g/mol. The zero-order chi connectivity index (χ0) is 15.5. The van der Waals surface area contributed by atoms with E-state index in [0.717, 1.165) is 44.0 Å². The number of hydrogen-bond acceptors (Lipinski definition) is 4. The van der Waals surface area contributed by atoms with Crippen LogP contribution >= 0.6 is 0 Å². The first-order valence-electron chi connectivity index (χ1n) is 7.64. The maximum atomic E-state index is 12.3. The molecule has 1 aromatic heterocycles. The maximum absolute atomic E-state index is 12.3. The van der Waals surface area contributed by atoms with Crippen molar-refractivity contribution in [1.29, 1.82) is 0 Å². The molecule has 21 heavy (non-hydrogen) atoms. The topological polar surface area (TPSA) is 48.5 Å². The van der Waals surface area contributed by atoms with E-state index in [0.29, 0.717) is 0 Å². The largest absolute Gasteiger partial charge is 0.370 e. The molecule has 2 heterocycles. The lowest BCUT2D eigenvalue weighted by Gasteiger charge is -2.44. The minimum atomic E-state index is -0.452. The van der Waals surface area contributed by atoms with Crippen molar-refractivity contribution in [2.75, 3.05) is 32.0 Å². The standard InChI is InChI=1S/C16H26N4O/c1-5-8-17-14-7-6-13(11-18-14)12-20-10-9-19(4)15(21)16(20,2)3/h6-7,11H,5,8-10,12H2,1-4H3,(H,17,18). The van der Waals surface area contributed by atoms with E-state index in [-0.39, 0.29) is 5.91 Å². The van der Waals surface area contributed by atoms with E-state index in [9.17, 15) is 4.79 Å². The van der Waals surface area contributed by atoms with Gasteiger partial charge in [0.25, 0.3) is 0 Å². The Hall–Kier alpha value is -1.62. The number of aromatic nitrogens is 1. The highest BCUT2D eigenvalue weighted by Gasteiger charge is 2.40. The Morgan fingerprint density at radius 3 is 2.71 bits per heavy atom. The Morgan fingerprint density at radius 1 is 1.33 bits per heavy atom. The normalized spacial score (nSPS) is 18.9. The third-order valence-corrected chi connectivity index (χ3v) is 4.12.